The van der Waals surface area contributed by atoms with Gasteiger partial charge in [0.15, 0.2) is 0 Å². The molecule has 0 unspecified atom stereocenters. The smallest absolute Gasteiger partial charge is 0.303 e. The first-order valence-electron chi connectivity index (χ1n) is 10.7. The van der Waals surface area contributed by atoms with Crippen molar-refractivity contribution in [2.45, 2.75) is 30.8 Å². The Kier molecular flexibility index (Phi) is 4.82. The Morgan fingerprint density at radius 3 is 2.47 bits per heavy atom. The van der Waals surface area contributed by atoms with Gasteiger partial charge in [0.25, 0.3) is 0 Å². The molecule has 0 aliphatic carbocycles. The Balaban J connectivity index is 1.51. The van der Waals surface area contributed by atoms with Gasteiger partial charge in [-0.3, -0.25) is 29.4 Å². The van der Waals surface area contributed by atoms with Gasteiger partial charge in [0, 0.05) is 30.3 Å². The highest BCUT2D eigenvalue weighted by molar-refractivity contribution is 6.15. The number of rotatable bonds is 6. The van der Waals surface area contributed by atoms with Crippen LogP contribution in [-0.4, -0.2) is 46.3 Å². The first-order chi connectivity index (χ1) is 15.4. The summed E-state index contributed by atoms with van der Waals surface area (Å²) in [5, 5.41) is 15.3. The maximum atomic E-state index is 13.6. The zero-order valence-electron chi connectivity index (χ0n) is 17.3. The molecule has 2 aromatic rings. The van der Waals surface area contributed by atoms with E-state index in [1.807, 2.05) is 30.3 Å². The van der Waals surface area contributed by atoms with E-state index in [1.54, 1.807) is 24.3 Å². The number of hydrogen-bond acceptors (Lipinski definition) is 5. The van der Waals surface area contributed by atoms with E-state index in [9.17, 15) is 24.3 Å². The third-order valence-corrected chi connectivity index (χ3v) is 6.85. The molecule has 3 aliphatic rings. The number of carbonyl (C=O) groups is 4. The molecule has 0 aromatic heterocycles. The Morgan fingerprint density at radius 2 is 1.72 bits per heavy atom. The summed E-state index contributed by atoms with van der Waals surface area (Å²) < 4.78 is 0. The molecule has 3 N–H and O–H groups in total. The van der Waals surface area contributed by atoms with Gasteiger partial charge in [0.1, 0.15) is 5.54 Å². The van der Waals surface area contributed by atoms with E-state index in [2.05, 4.69) is 10.6 Å². The molecule has 0 radical (unpaired) electrons. The second-order valence-electron chi connectivity index (χ2n) is 8.56. The molecule has 2 fully saturated rings. The maximum Gasteiger partial charge on any atom is 0.303 e. The monoisotopic (exact) mass is 433 g/mol. The maximum absolute atomic E-state index is 13.6. The summed E-state index contributed by atoms with van der Waals surface area (Å²) in [6.45, 7) is 0.222. The number of carboxylic acid groups (broad SMARTS) is 1. The van der Waals surface area contributed by atoms with Crippen molar-refractivity contribution in [3.63, 3.8) is 0 Å². The fourth-order valence-corrected chi connectivity index (χ4v) is 5.45. The van der Waals surface area contributed by atoms with Crippen molar-refractivity contribution in [2.24, 2.45) is 11.8 Å². The van der Waals surface area contributed by atoms with Crippen molar-refractivity contribution in [1.29, 1.82) is 0 Å². The Bertz CT molecular complexity index is 1120. The normalized spacial score (nSPS) is 28.2. The fraction of sp³-hybridized carbons (Fsp3) is 0.333. The van der Waals surface area contributed by atoms with Gasteiger partial charge in [-0.25, -0.2) is 0 Å². The van der Waals surface area contributed by atoms with E-state index in [4.69, 9.17) is 0 Å². The number of likely N-dealkylation sites (tertiary alicyclic amines) is 1. The van der Waals surface area contributed by atoms with E-state index >= 15 is 0 Å². The molecule has 0 bridgehead atoms. The number of nitrogens with zero attached hydrogens (tertiary/aromatic N) is 1. The summed E-state index contributed by atoms with van der Waals surface area (Å²) >= 11 is 0. The number of hydrogen-bond donors (Lipinski definition) is 3. The van der Waals surface area contributed by atoms with Gasteiger partial charge in [-0.2, -0.15) is 0 Å². The fourth-order valence-electron chi connectivity index (χ4n) is 5.45. The lowest BCUT2D eigenvalue weighted by molar-refractivity contribution is -0.143. The van der Waals surface area contributed by atoms with E-state index in [-0.39, 0.29) is 37.1 Å². The third kappa shape index (κ3) is 2.94. The molecule has 2 saturated heterocycles. The van der Waals surface area contributed by atoms with Gasteiger partial charge in [0.2, 0.25) is 17.7 Å². The van der Waals surface area contributed by atoms with Crippen LogP contribution in [0.5, 0.6) is 0 Å². The lowest BCUT2D eigenvalue weighted by atomic mass is 9.76. The molecule has 5 rings (SSSR count). The molecule has 8 heteroatoms. The van der Waals surface area contributed by atoms with Crippen LogP contribution in [0.15, 0.2) is 54.6 Å². The van der Waals surface area contributed by atoms with Crippen LogP contribution in [-0.2, 0) is 31.1 Å². The van der Waals surface area contributed by atoms with Gasteiger partial charge in [-0.15, -0.1) is 0 Å². The number of imide groups is 1. The zero-order valence-corrected chi connectivity index (χ0v) is 17.3. The molecule has 8 nitrogen and oxygen atoms in total. The Hall–Kier alpha value is -3.52. The van der Waals surface area contributed by atoms with Crippen molar-refractivity contribution in [3.05, 3.63) is 65.7 Å². The third-order valence-electron chi connectivity index (χ3n) is 6.85. The Morgan fingerprint density at radius 1 is 1.00 bits per heavy atom. The van der Waals surface area contributed by atoms with E-state index < -0.39 is 29.4 Å². The van der Waals surface area contributed by atoms with Crippen LogP contribution in [0.4, 0.5) is 5.69 Å². The van der Waals surface area contributed by atoms with E-state index in [0.717, 1.165) is 5.56 Å². The molecule has 32 heavy (non-hydrogen) atoms. The van der Waals surface area contributed by atoms with Crippen molar-refractivity contribution >= 4 is 29.4 Å². The highest BCUT2D eigenvalue weighted by atomic mass is 16.4. The summed E-state index contributed by atoms with van der Waals surface area (Å²) in [6, 6.07) is 16.1. The van der Waals surface area contributed by atoms with Crippen LogP contribution in [0.3, 0.4) is 0 Å². The first kappa shape index (κ1) is 20.4. The predicted molar refractivity (Wildman–Crippen MR) is 114 cm³/mol. The summed E-state index contributed by atoms with van der Waals surface area (Å²) in [5.74, 6) is -3.78. The minimum absolute atomic E-state index is 0.152. The highest BCUT2D eigenvalue weighted by Crippen LogP contribution is 2.53. The molecule has 4 atom stereocenters. The molecule has 3 amide bonds. The molecule has 3 heterocycles. The highest BCUT2D eigenvalue weighted by Gasteiger charge is 2.70. The number of amides is 3. The van der Waals surface area contributed by atoms with Crippen LogP contribution in [0.25, 0.3) is 0 Å². The molecule has 164 valence electrons. The number of benzene rings is 2. The van der Waals surface area contributed by atoms with E-state index in [1.165, 1.54) is 4.90 Å². The number of anilines is 1. The second-order valence-corrected chi connectivity index (χ2v) is 8.56. The molecular weight excluding hydrogens is 410 g/mol. The average molecular weight is 433 g/mol. The summed E-state index contributed by atoms with van der Waals surface area (Å²) in [4.78, 5) is 52.7. The average Bonchev–Trinajstić information content (AvgIpc) is 3.36. The van der Waals surface area contributed by atoms with Crippen molar-refractivity contribution in [2.75, 3.05) is 11.9 Å². The number of nitrogens with one attached hydrogen (secondary N) is 2. The molecular formula is C24H23N3O5. The van der Waals surface area contributed by atoms with Gasteiger partial charge < -0.3 is 10.4 Å². The molecule has 3 aliphatic heterocycles. The van der Waals surface area contributed by atoms with Crippen molar-refractivity contribution in [3.8, 4) is 0 Å². The molecule has 2 aromatic carbocycles. The van der Waals surface area contributed by atoms with Gasteiger partial charge in [-0.05, 0) is 24.5 Å². The molecule has 1 spiro atoms. The largest absolute Gasteiger partial charge is 0.481 e. The quantitative estimate of drug-likeness (QED) is 0.595. The van der Waals surface area contributed by atoms with Gasteiger partial charge in [-0.1, -0.05) is 48.5 Å². The van der Waals surface area contributed by atoms with Crippen LogP contribution < -0.4 is 10.6 Å². The number of carboxylic acids is 1. The number of fused-ring (bicyclic) bond motifs is 4. The number of carbonyl (C=O) groups excluding carboxylic acids is 3. The second kappa shape index (κ2) is 7.56. The summed E-state index contributed by atoms with van der Waals surface area (Å²) in [5.41, 5.74) is 0.859. The van der Waals surface area contributed by atoms with Gasteiger partial charge >= 0.3 is 5.97 Å². The van der Waals surface area contributed by atoms with Crippen LogP contribution >= 0.6 is 0 Å². The topological polar surface area (TPSA) is 116 Å². The van der Waals surface area contributed by atoms with Crippen molar-refractivity contribution in [1.82, 2.24) is 10.2 Å². The first-order valence-corrected chi connectivity index (χ1v) is 10.7. The van der Waals surface area contributed by atoms with Crippen LogP contribution in [0, 0.1) is 11.8 Å². The van der Waals surface area contributed by atoms with Crippen LogP contribution in [0.1, 0.15) is 24.0 Å². The summed E-state index contributed by atoms with van der Waals surface area (Å²) in [6.07, 6.45) is 0.506. The van der Waals surface area contributed by atoms with Crippen LogP contribution in [0.2, 0.25) is 0 Å². The predicted octanol–water partition coefficient (Wildman–Crippen LogP) is 1.51. The standard InChI is InChI=1S/C24H23N3O5/c28-18(29)11-10-17-19-20(24(26-17)15-8-4-5-9-16(15)25-23(24)32)22(31)27(21(19)30)13-12-14-6-2-1-3-7-14/h1-9,17,19-20,26H,10-13H2,(H,25,32)(H,28,29)/t17-,19+,20-,24+/m0/s1. The van der Waals surface area contributed by atoms with Gasteiger partial charge in [0.05, 0.1) is 11.8 Å². The lowest BCUT2D eigenvalue weighted by Crippen LogP contribution is -2.53. The Labute approximate surface area is 184 Å². The summed E-state index contributed by atoms with van der Waals surface area (Å²) in [7, 11) is 0. The lowest BCUT2D eigenvalue weighted by Gasteiger charge is -2.29. The molecule has 0 saturated carbocycles. The number of para-hydroxylation sites is 1. The van der Waals surface area contributed by atoms with Crippen molar-refractivity contribution < 1.29 is 24.3 Å². The SMILES string of the molecule is O=C(O)CC[C@@H]1N[C@@]2(C(=O)Nc3ccccc32)[C@@H]2C(=O)N(CCc3ccccc3)C(=O)[C@H]12. The minimum atomic E-state index is -1.38. The number of aliphatic carboxylic acids is 1. The van der Waals surface area contributed by atoms with E-state index in [0.29, 0.717) is 17.7 Å². The minimum Gasteiger partial charge on any atom is -0.481 e. The zero-order chi connectivity index (χ0) is 22.5.